The lowest BCUT2D eigenvalue weighted by atomic mass is 9.90. The number of hydrogen-bond acceptors (Lipinski definition) is 4. The van der Waals surface area contributed by atoms with Gasteiger partial charge in [0.25, 0.3) is 5.91 Å². The smallest absolute Gasteiger partial charge is 0.308 e. The Morgan fingerprint density at radius 1 is 1.42 bits per heavy atom. The minimum absolute atomic E-state index is 0.210. The van der Waals surface area contributed by atoms with Gasteiger partial charge in [0.2, 0.25) is 0 Å². The molecule has 1 N–H and O–H groups in total. The molecule has 1 amide bonds. The van der Waals surface area contributed by atoms with Crippen molar-refractivity contribution < 1.29 is 14.7 Å². The van der Waals surface area contributed by atoms with E-state index in [1.54, 1.807) is 29.3 Å². The minimum atomic E-state index is -0.849. The number of rotatable bonds is 3. The number of carbonyl (C=O) groups excluding carboxylic acids is 1. The second-order valence-electron chi connectivity index (χ2n) is 5.87. The topological polar surface area (TPSA) is 70.5 Å². The molecule has 3 rings (SSSR count). The van der Waals surface area contributed by atoms with E-state index in [0.717, 1.165) is 10.6 Å². The van der Waals surface area contributed by atoms with Crippen molar-refractivity contribution in [2.75, 3.05) is 6.54 Å². The third-order valence-electron chi connectivity index (χ3n) is 4.36. The van der Waals surface area contributed by atoms with Gasteiger partial charge in [-0.15, -0.1) is 11.3 Å². The number of carbonyl (C=O) groups is 2. The molecule has 1 aliphatic heterocycles. The molecule has 1 fully saturated rings. The van der Waals surface area contributed by atoms with Crippen molar-refractivity contribution in [3.8, 4) is 10.6 Å². The fourth-order valence-electron chi connectivity index (χ4n) is 3.03. The first-order valence-electron chi connectivity index (χ1n) is 7.72. The van der Waals surface area contributed by atoms with Crippen LogP contribution in [0.1, 0.15) is 30.3 Å². The molecule has 0 radical (unpaired) electrons. The second-order valence-corrected chi connectivity index (χ2v) is 7.17. The number of thiazole rings is 1. The Bertz CT molecular complexity index is 777. The van der Waals surface area contributed by atoms with Crippen molar-refractivity contribution in [1.29, 1.82) is 0 Å². The Morgan fingerprint density at radius 3 is 2.92 bits per heavy atom. The summed E-state index contributed by atoms with van der Waals surface area (Å²) in [5, 5.41) is 12.3. The number of hydrogen-bond donors (Lipinski definition) is 1. The van der Waals surface area contributed by atoms with E-state index in [1.807, 2.05) is 12.1 Å². The van der Waals surface area contributed by atoms with Crippen molar-refractivity contribution in [3.05, 3.63) is 40.4 Å². The summed E-state index contributed by atoms with van der Waals surface area (Å²) < 4.78 is 0. The van der Waals surface area contributed by atoms with Crippen LogP contribution in [-0.2, 0) is 4.79 Å². The number of nitrogens with zero attached hydrogens (tertiary/aromatic N) is 2. The molecule has 1 aromatic carbocycles. The Kier molecular flexibility index (Phi) is 4.87. The molecule has 0 saturated carbocycles. The molecule has 1 saturated heterocycles. The molecule has 24 heavy (non-hydrogen) atoms. The van der Waals surface area contributed by atoms with Crippen LogP contribution >= 0.6 is 22.9 Å². The van der Waals surface area contributed by atoms with E-state index >= 15 is 0 Å². The van der Waals surface area contributed by atoms with Gasteiger partial charge in [-0.25, -0.2) is 4.98 Å². The molecular weight excluding hydrogens is 348 g/mol. The maximum absolute atomic E-state index is 12.7. The Labute approximate surface area is 148 Å². The first kappa shape index (κ1) is 16.9. The Balaban J connectivity index is 1.82. The van der Waals surface area contributed by atoms with Crippen LogP contribution in [0.3, 0.4) is 0 Å². The number of halogens is 1. The van der Waals surface area contributed by atoms with E-state index in [2.05, 4.69) is 4.98 Å². The quantitative estimate of drug-likeness (QED) is 0.899. The molecule has 0 bridgehead atoms. The van der Waals surface area contributed by atoms with Crippen LogP contribution in [0.5, 0.6) is 0 Å². The van der Waals surface area contributed by atoms with Gasteiger partial charge in [-0.05, 0) is 31.9 Å². The lowest BCUT2D eigenvalue weighted by Crippen LogP contribution is -2.49. The van der Waals surface area contributed by atoms with Crippen LogP contribution in [0.2, 0.25) is 5.02 Å². The van der Waals surface area contributed by atoms with Gasteiger partial charge in [-0.1, -0.05) is 23.7 Å². The van der Waals surface area contributed by atoms with Crippen molar-refractivity contribution >= 4 is 34.8 Å². The minimum Gasteiger partial charge on any atom is -0.481 e. The lowest BCUT2D eigenvalue weighted by molar-refractivity contribution is -0.144. The normalized spacial score (nSPS) is 20.8. The van der Waals surface area contributed by atoms with Gasteiger partial charge in [-0.2, -0.15) is 0 Å². The second kappa shape index (κ2) is 6.91. The van der Waals surface area contributed by atoms with Crippen LogP contribution < -0.4 is 0 Å². The zero-order valence-electron chi connectivity index (χ0n) is 13.1. The van der Waals surface area contributed by atoms with Crippen molar-refractivity contribution in [1.82, 2.24) is 9.88 Å². The highest BCUT2D eigenvalue weighted by atomic mass is 35.5. The third kappa shape index (κ3) is 3.30. The predicted octanol–water partition coefficient (Wildman–Crippen LogP) is 3.79. The van der Waals surface area contributed by atoms with Gasteiger partial charge in [0, 0.05) is 28.6 Å². The number of likely N-dealkylation sites (tertiary alicyclic amines) is 1. The van der Waals surface area contributed by atoms with E-state index in [-0.39, 0.29) is 11.9 Å². The fraction of sp³-hybridized carbons (Fsp3) is 0.353. The molecular formula is C17H17ClN2O3S. The number of piperidine rings is 1. The molecule has 0 spiro atoms. The summed E-state index contributed by atoms with van der Waals surface area (Å²) in [5.41, 5.74) is 1.22. The third-order valence-corrected chi connectivity index (χ3v) is 5.49. The maximum Gasteiger partial charge on any atom is 0.308 e. The number of amides is 1. The van der Waals surface area contributed by atoms with Crippen LogP contribution in [0.25, 0.3) is 10.6 Å². The van der Waals surface area contributed by atoms with Gasteiger partial charge < -0.3 is 10.0 Å². The fourth-order valence-corrected chi connectivity index (χ4v) is 4.01. The lowest BCUT2D eigenvalue weighted by Gasteiger charge is -2.37. The number of aliphatic carboxylic acids is 1. The Hall–Kier alpha value is -1.92. The summed E-state index contributed by atoms with van der Waals surface area (Å²) in [7, 11) is 0. The zero-order chi connectivity index (χ0) is 17.3. The van der Waals surface area contributed by atoms with E-state index in [0.29, 0.717) is 30.1 Å². The van der Waals surface area contributed by atoms with Crippen LogP contribution in [0.15, 0.2) is 29.6 Å². The predicted molar refractivity (Wildman–Crippen MR) is 93.4 cm³/mol. The number of benzene rings is 1. The van der Waals surface area contributed by atoms with Gasteiger partial charge in [-0.3, -0.25) is 9.59 Å². The molecule has 2 aromatic rings. The molecule has 5 nitrogen and oxygen atoms in total. The largest absolute Gasteiger partial charge is 0.481 e. The molecule has 2 atom stereocenters. The van der Waals surface area contributed by atoms with Crippen molar-refractivity contribution in [2.24, 2.45) is 5.92 Å². The standard InChI is InChI=1S/C17H17ClN2O3S/c1-10-13(17(22)23)6-3-7-20(10)16(21)14-9-24-15(19-14)11-4-2-5-12(18)8-11/h2,4-5,8-10,13H,3,6-7H2,1H3,(H,22,23)/t10-,13-/m1/s1. The molecule has 2 heterocycles. The maximum atomic E-state index is 12.7. The molecule has 0 aliphatic carbocycles. The summed E-state index contributed by atoms with van der Waals surface area (Å²) in [5.74, 6) is -1.58. The van der Waals surface area contributed by atoms with E-state index in [9.17, 15) is 14.7 Å². The SMILES string of the molecule is C[C@@H]1[C@H](C(=O)O)CCCN1C(=O)c1csc(-c2cccc(Cl)c2)n1. The summed E-state index contributed by atoms with van der Waals surface area (Å²) >= 11 is 7.38. The summed E-state index contributed by atoms with van der Waals surface area (Å²) in [4.78, 5) is 30.1. The first-order valence-corrected chi connectivity index (χ1v) is 8.98. The Morgan fingerprint density at radius 2 is 2.21 bits per heavy atom. The van der Waals surface area contributed by atoms with E-state index < -0.39 is 11.9 Å². The van der Waals surface area contributed by atoms with Gasteiger partial charge in [0.15, 0.2) is 0 Å². The van der Waals surface area contributed by atoms with Crippen molar-refractivity contribution in [3.63, 3.8) is 0 Å². The molecule has 1 aromatic heterocycles. The van der Waals surface area contributed by atoms with Crippen LogP contribution in [-0.4, -0.2) is 39.5 Å². The highest BCUT2D eigenvalue weighted by Crippen LogP contribution is 2.29. The van der Waals surface area contributed by atoms with E-state index in [1.165, 1.54) is 11.3 Å². The monoisotopic (exact) mass is 364 g/mol. The summed E-state index contributed by atoms with van der Waals surface area (Å²) in [6, 6.07) is 6.98. The zero-order valence-corrected chi connectivity index (χ0v) is 14.7. The van der Waals surface area contributed by atoms with Gasteiger partial charge in [0.1, 0.15) is 10.7 Å². The molecule has 0 unspecified atom stereocenters. The van der Waals surface area contributed by atoms with Crippen LogP contribution in [0, 0.1) is 5.92 Å². The van der Waals surface area contributed by atoms with Crippen LogP contribution in [0.4, 0.5) is 0 Å². The van der Waals surface area contributed by atoms with Gasteiger partial charge >= 0.3 is 5.97 Å². The van der Waals surface area contributed by atoms with Crippen molar-refractivity contribution in [2.45, 2.75) is 25.8 Å². The molecule has 7 heteroatoms. The molecule has 126 valence electrons. The summed E-state index contributed by atoms with van der Waals surface area (Å²) in [6.45, 7) is 2.36. The first-order chi connectivity index (χ1) is 11.5. The van der Waals surface area contributed by atoms with Gasteiger partial charge in [0.05, 0.1) is 5.92 Å². The highest BCUT2D eigenvalue weighted by molar-refractivity contribution is 7.13. The average molecular weight is 365 g/mol. The van der Waals surface area contributed by atoms with E-state index in [4.69, 9.17) is 11.6 Å². The number of carboxylic acid groups (broad SMARTS) is 1. The number of carboxylic acids is 1. The number of aromatic nitrogens is 1. The summed E-state index contributed by atoms with van der Waals surface area (Å²) in [6.07, 6.45) is 1.30. The average Bonchev–Trinajstić information content (AvgIpc) is 3.04. The molecule has 1 aliphatic rings. The highest BCUT2D eigenvalue weighted by Gasteiger charge is 2.36.